The molecular formula is C15H18O3. The Morgan fingerprint density at radius 3 is 3.11 bits per heavy atom. The monoisotopic (exact) mass is 246 g/mol. The van der Waals surface area contributed by atoms with Crippen molar-refractivity contribution in [3.63, 3.8) is 0 Å². The van der Waals surface area contributed by atoms with Crippen LogP contribution in [0, 0.1) is 0 Å². The number of rotatable bonds is 1. The molecular weight excluding hydrogens is 228 g/mol. The van der Waals surface area contributed by atoms with E-state index in [0.717, 1.165) is 37.9 Å². The van der Waals surface area contributed by atoms with Gasteiger partial charge in [-0.3, -0.25) is 0 Å². The van der Waals surface area contributed by atoms with E-state index in [2.05, 4.69) is 0 Å². The Hall–Kier alpha value is -1.22. The van der Waals surface area contributed by atoms with E-state index in [0.29, 0.717) is 5.92 Å². The first-order valence-corrected chi connectivity index (χ1v) is 6.82. The normalized spacial score (nSPS) is 36.1. The van der Waals surface area contributed by atoms with Gasteiger partial charge in [0.15, 0.2) is 11.5 Å². The van der Waals surface area contributed by atoms with Crippen molar-refractivity contribution in [3.8, 4) is 11.5 Å². The Kier molecular flexibility index (Phi) is 2.03. The molecule has 1 N–H and O–H groups in total. The Balaban J connectivity index is 1.94. The van der Waals surface area contributed by atoms with Gasteiger partial charge in [-0.2, -0.15) is 0 Å². The molecule has 1 aromatic rings. The molecule has 1 saturated carbocycles. The van der Waals surface area contributed by atoms with Crippen LogP contribution in [0.5, 0.6) is 11.5 Å². The zero-order valence-corrected chi connectivity index (χ0v) is 10.6. The molecule has 1 aliphatic heterocycles. The maximum Gasteiger partial charge on any atom is 0.165 e. The largest absolute Gasteiger partial charge is 0.504 e. The topological polar surface area (TPSA) is 38.7 Å². The van der Waals surface area contributed by atoms with Gasteiger partial charge in [0.2, 0.25) is 0 Å². The van der Waals surface area contributed by atoms with Gasteiger partial charge in [0, 0.05) is 12.7 Å². The summed E-state index contributed by atoms with van der Waals surface area (Å²) in [5.41, 5.74) is 2.51. The van der Waals surface area contributed by atoms with Gasteiger partial charge in [0.25, 0.3) is 0 Å². The lowest BCUT2D eigenvalue weighted by atomic mass is 9.64. The number of aromatic hydroxyl groups is 1. The average Bonchev–Trinajstić information content (AvgIpc) is 2.80. The van der Waals surface area contributed by atoms with Crippen molar-refractivity contribution >= 4 is 0 Å². The van der Waals surface area contributed by atoms with E-state index < -0.39 is 0 Å². The lowest BCUT2D eigenvalue weighted by Gasteiger charge is -2.46. The zero-order valence-electron chi connectivity index (χ0n) is 10.6. The summed E-state index contributed by atoms with van der Waals surface area (Å²) in [5, 5.41) is 10.0. The third-order valence-electron chi connectivity index (χ3n) is 5.10. The summed E-state index contributed by atoms with van der Waals surface area (Å²) in [6.07, 6.45) is 5.64. The van der Waals surface area contributed by atoms with Crippen LogP contribution in [0.3, 0.4) is 0 Å². The fraction of sp³-hybridized carbons (Fsp3) is 0.600. The minimum Gasteiger partial charge on any atom is -0.504 e. The molecule has 3 aliphatic rings. The Morgan fingerprint density at radius 2 is 2.28 bits per heavy atom. The van der Waals surface area contributed by atoms with Crippen LogP contribution in [0.1, 0.15) is 42.7 Å². The van der Waals surface area contributed by atoms with E-state index >= 15 is 0 Å². The summed E-state index contributed by atoms with van der Waals surface area (Å²) in [6.45, 7) is 0. The third kappa shape index (κ3) is 1.13. The SMILES string of the molecule is CO[C@@]12CCC[C@@H]3Oc4c(O)ccc(c4C31)CC2. The number of phenolic OH excluding ortho intramolecular Hbond substituents is 1. The highest BCUT2D eigenvalue weighted by Gasteiger charge is 2.55. The Bertz CT molecular complexity index is 511. The van der Waals surface area contributed by atoms with E-state index in [1.165, 1.54) is 11.1 Å². The number of methoxy groups -OCH3 is 1. The molecule has 0 saturated heterocycles. The number of aryl methyl sites for hydroxylation is 1. The van der Waals surface area contributed by atoms with Crippen LogP contribution in [0.4, 0.5) is 0 Å². The molecule has 3 heteroatoms. The van der Waals surface area contributed by atoms with Gasteiger partial charge < -0.3 is 14.6 Å². The molecule has 1 heterocycles. The first kappa shape index (κ1) is 10.7. The summed E-state index contributed by atoms with van der Waals surface area (Å²) in [6, 6.07) is 3.82. The predicted molar refractivity (Wildman–Crippen MR) is 67.2 cm³/mol. The molecule has 96 valence electrons. The molecule has 4 rings (SSSR count). The van der Waals surface area contributed by atoms with Gasteiger partial charge in [-0.25, -0.2) is 0 Å². The number of hydrogen-bond donors (Lipinski definition) is 1. The van der Waals surface area contributed by atoms with E-state index in [1.54, 1.807) is 6.07 Å². The lowest BCUT2D eigenvalue weighted by Crippen LogP contribution is -2.49. The molecule has 0 radical (unpaired) electrons. The van der Waals surface area contributed by atoms with Gasteiger partial charge in [-0.05, 0) is 43.7 Å². The van der Waals surface area contributed by atoms with Crippen LogP contribution < -0.4 is 4.74 Å². The van der Waals surface area contributed by atoms with Crippen LogP contribution in [0.25, 0.3) is 0 Å². The van der Waals surface area contributed by atoms with Gasteiger partial charge in [-0.15, -0.1) is 0 Å². The maximum absolute atomic E-state index is 10.0. The van der Waals surface area contributed by atoms with Crippen LogP contribution in [0.2, 0.25) is 0 Å². The molecule has 3 atom stereocenters. The van der Waals surface area contributed by atoms with E-state index in [1.807, 2.05) is 13.2 Å². The highest BCUT2D eigenvalue weighted by molar-refractivity contribution is 5.57. The summed E-state index contributed by atoms with van der Waals surface area (Å²) in [5.74, 6) is 1.34. The standard InChI is InChI=1S/C15H18O3/c1-17-15-7-2-3-11-13(15)12-9(6-8-15)4-5-10(16)14(12)18-11/h4-5,11,13,16H,2-3,6-8H2,1H3/t11-,13?,15+/m0/s1. The van der Waals surface area contributed by atoms with Crippen LogP contribution in [0.15, 0.2) is 12.1 Å². The number of benzene rings is 1. The van der Waals surface area contributed by atoms with Crippen molar-refractivity contribution in [3.05, 3.63) is 23.3 Å². The minimum atomic E-state index is -0.0606. The van der Waals surface area contributed by atoms with Crippen molar-refractivity contribution < 1.29 is 14.6 Å². The van der Waals surface area contributed by atoms with Gasteiger partial charge in [0.1, 0.15) is 6.10 Å². The summed E-state index contributed by atoms with van der Waals surface area (Å²) < 4.78 is 12.0. The maximum atomic E-state index is 10.0. The first-order valence-electron chi connectivity index (χ1n) is 6.82. The quantitative estimate of drug-likeness (QED) is 0.828. The van der Waals surface area contributed by atoms with Gasteiger partial charge in [0.05, 0.1) is 11.5 Å². The summed E-state index contributed by atoms with van der Waals surface area (Å²) in [4.78, 5) is 0. The summed E-state index contributed by atoms with van der Waals surface area (Å²) >= 11 is 0. The second kappa shape index (κ2) is 3.41. The number of ether oxygens (including phenoxy) is 2. The molecule has 1 unspecified atom stereocenters. The van der Waals surface area contributed by atoms with Gasteiger partial charge in [-0.1, -0.05) is 6.07 Å². The Labute approximate surface area is 107 Å². The Morgan fingerprint density at radius 1 is 1.39 bits per heavy atom. The molecule has 0 bridgehead atoms. The van der Waals surface area contributed by atoms with Crippen molar-refractivity contribution in [2.45, 2.75) is 49.7 Å². The highest BCUT2D eigenvalue weighted by Crippen LogP contribution is 2.59. The molecule has 1 aromatic carbocycles. The second-order valence-electron chi connectivity index (χ2n) is 5.78. The van der Waals surface area contributed by atoms with Crippen LogP contribution in [-0.4, -0.2) is 23.9 Å². The fourth-order valence-corrected chi connectivity index (χ4v) is 4.26. The van der Waals surface area contributed by atoms with Crippen molar-refractivity contribution in [2.75, 3.05) is 7.11 Å². The third-order valence-corrected chi connectivity index (χ3v) is 5.10. The van der Waals surface area contributed by atoms with E-state index in [-0.39, 0.29) is 17.5 Å². The van der Waals surface area contributed by atoms with Gasteiger partial charge >= 0.3 is 0 Å². The second-order valence-corrected chi connectivity index (χ2v) is 5.78. The molecule has 2 aliphatic carbocycles. The first-order chi connectivity index (χ1) is 8.75. The van der Waals surface area contributed by atoms with Crippen molar-refractivity contribution in [2.24, 2.45) is 0 Å². The number of hydrogen-bond acceptors (Lipinski definition) is 3. The molecule has 18 heavy (non-hydrogen) atoms. The summed E-state index contributed by atoms with van der Waals surface area (Å²) in [7, 11) is 1.83. The predicted octanol–water partition coefficient (Wildman–Crippen LogP) is 2.75. The number of phenols is 1. The lowest BCUT2D eigenvalue weighted by molar-refractivity contribution is -0.0887. The fourth-order valence-electron chi connectivity index (χ4n) is 4.26. The molecule has 0 spiro atoms. The zero-order chi connectivity index (χ0) is 12.3. The van der Waals surface area contributed by atoms with E-state index in [9.17, 15) is 5.11 Å². The molecule has 3 nitrogen and oxygen atoms in total. The van der Waals surface area contributed by atoms with E-state index in [4.69, 9.17) is 9.47 Å². The van der Waals surface area contributed by atoms with Crippen LogP contribution in [-0.2, 0) is 11.2 Å². The molecule has 0 amide bonds. The smallest absolute Gasteiger partial charge is 0.165 e. The van der Waals surface area contributed by atoms with Crippen molar-refractivity contribution in [1.82, 2.24) is 0 Å². The molecule has 1 fully saturated rings. The van der Waals surface area contributed by atoms with Crippen LogP contribution >= 0.6 is 0 Å². The highest BCUT2D eigenvalue weighted by atomic mass is 16.5. The molecule has 0 aromatic heterocycles. The average molecular weight is 246 g/mol. The minimum absolute atomic E-state index is 0.0606. The van der Waals surface area contributed by atoms with Crippen molar-refractivity contribution in [1.29, 1.82) is 0 Å².